The monoisotopic (exact) mass is 583 g/mol. The van der Waals surface area contributed by atoms with E-state index in [1.165, 1.54) is 43.8 Å². The molecule has 0 spiro atoms. The maximum absolute atomic E-state index is 2.26. The van der Waals surface area contributed by atoms with Crippen molar-refractivity contribution in [1.29, 1.82) is 0 Å². The van der Waals surface area contributed by atoms with Crippen molar-refractivity contribution in [3.63, 3.8) is 0 Å². The van der Waals surface area contributed by atoms with Crippen LogP contribution in [0.2, 0.25) is 0 Å². The first-order valence-electron chi connectivity index (χ1n) is 10.6. The smallest absolute Gasteiger partial charge is 0.358 e. The summed E-state index contributed by atoms with van der Waals surface area (Å²) in [6.45, 7) is 8.34. The van der Waals surface area contributed by atoms with Gasteiger partial charge in [-0.05, 0) is 12.0 Å². The van der Waals surface area contributed by atoms with Gasteiger partial charge >= 0.3 is 26.2 Å². The topological polar surface area (TPSA) is 0 Å². The molecule has 0 aliphatic heterocycles. The molecule has 0 bridgehead atoms. The first kappa shape index (κ1) is 37.1. The predicted octanol–water partition coefficient (Wildman–Crippen LogP) is 9.59. The fourth-order valence-electron chi connectivity index (χ4n) is 3.67. The molecular formula is C30H35Cl2SiZr. The maximum Gasteiger partial charge on any atom is 3.00 e. The molecule has 0 fully saturated rings. The molecule has 0 N–H and O–H groups in total. The molecule has 0 saturated heterocycles. The molecule has 0 aromatic heterocycles. The van der Waals surface area contributed by atoms with Gasteiger partial charge in [-0.2, -0.15) is 12.1 Å². The van der Waals surface area contributed by atoms with Crippen molar-refractivity contribution >= 4 is 57.3 Å². The predicted molar refractivity (Wildman–Crippen MR) is 157 cm³/mol. The second-order valence-electron chi connectivity index (χ2n) is 7.05. The Kier molecular flexibility index (Phi) is 20.6. The molecule has 34 heavy (non-hydrogen) atoms. The van der Waals surface area contributed by atoms with Crippen LogP contribution in [-0.2, 0) is 32.6 Å². The molecule has 0 heterocycles. The minimum Gasteiger partial charge on any atom is -0.358 e. The van der Waals surface area contributed by atoms with Crippen molar-refractivity contribution in [2.75, 3.05) is 0 Å². The zero-order chi connectivity index (χ0) is 20.6. The largest absolute Gasteiger partial charge is 3.00 e. The summed E-state index contributed by atoms with van der Waals surface area (Å²) in [7, 11) is 0. The first-order chi connectivity index (χ1) is 14.2. The van der Waals surface area contributed by atoms with E-state index < -0.39 is 0 Å². The summed E-state index contributed by atoms with van der Waals surface area (Å²) in [6.07, 6.45) is 1.13. The standard InChI is InChI=1S/C16H13.C11H11.C2H6.CH3.2ClH.Si.Zr/c1-12-10-14-8-5-9-15(16(14)11-12)13-6-3-2-4-7-13;1-2-9-7-10-5-3-4-6-11(10)8-9;1-2;;;;;/h2-11H,1H3;3-8H,2H2,1H3;1-2H3;1H3;2*1H;;/q2*-1;;-1;;;;+3. The normalized spacial score (nSPS) is 8.71. The molecule has 5 aromatic rings. The van der Waals surface area contributed by atoms with Crippen LogP contribution in [0.25, 0.3) is 32.7 Å². The van der Waals surface area contributed by atoms with Gasteiger partial charge in [0.1, 0.15) is 0 Å². The molecule has 177 valence electrons. The van der Waals surface area contributed by atoms with Crippen molar-refractivity contribution in [3.05, 3.63) is 116 Å². The van der Waals surface area contributed by atoms with Crippen LogP contribution in [0.3, 0.4) is 0 Å². The van der Waals surface area contributed by atoms with E-state index in [1.54, 1.807) is 0 Å². The maximum atomic E-state index is 2.26. The van der Waals surface area contributed by atoms with Crippen LogP contribution in [0.5, 0.6) is 0 Å². The fourth-order valence-corrected chi connectivity index (χ4v) is 3.67. The molecule has 0 amide bonds. The van der Waals surface area contributed by atoms with E-state index in [2.05, 4.69) is 111 Å². The van der Waals surface area contributed by atoms with Gasteiger partial charge in [0.25, 0.3) is 0 Å². The fraction of sp³-hybridized carbons (Fsp3) is 0.167. The zero-order valence-electron chi connectivity index (χ0n) is 20.8. The van der Waals surface area contributed by atoms with Gasteiger partial charge in [-0.15, -0.1) is 100.0 Å². The third-order valence-corrected chi connectivity index (χ3v) is 5.07. The molecule has 4 heteroatoms. The molecule has 0 aliphatic rings. The van der Waals surface area contributed by atoms with E-state index >= 15 is 0 Å². The Morgan fingerprint density at radius 2 is 1.29 bits per heavy atom. The van der Waals surface area contributed by atoms with Crippen molar-refractivity contribution in [2.45, 2.75) is 34.1 Å². The number of aryl methyl sites for hydroxylation is 2. The van der Waals surface area contributed by atoms with Crippen molar-refractivity contribution in [2.24, 2.45) is 0 Å². The van der Waals surface area contributed by atoms with Crippen LogP contribution in [0.15, 0.2) is 97.1 Å². The third-order valence-electron chi connectivity index (χ3n) is 5.07. The Hall–Kier alpha value is -1.44. The Morgan fingerprint density at radius 3 is 1.91 bits per heavy atom. The second-order valence-corrected chi connectivity index (χ2v) is 7.05. The van der Waals surface area contributed by atoms with E-state index in [9.17, 15) is 0 Å². The Balaban J connectivity index is -0.000000481. The van der Waals surface area contributed by atoms with Crippen LogP contribution >= 0.6 is 24.8 Å². The number of fused-ring (bicyclic) bond motifs is 2. The number of hydrogen-bond acceptors (Lipinski definition) is 0. The molecular weight excluding hydrogens is 551 g/mol. The van der Waals surface area contributed by atoms with Gasteiger partial charge in [0.15, 0.2) is 0 Å². The molecule has 0 aliphatic carbocycles. The van der Waals surface area contributed by atoms with E-state index in [0.29, 0.717) is 0 Å². The summed E-state index contributed by atoms with van der Waals surface area (Å²) in [4.78, 5) is 0. The van der Waals surface area contributed by atoms with Gasteiger partial charge in [-0.25, -0.2) is 0 Å². The van der Waals surface area contributed by atoms with Crippen LogP contribution in [0, 0.1) is 14.4 Å². The summed E-state index contributed by atoms with van der Waals surface area (Å²) in [6, 6.07) is 34.6. The van der Waals surface area contributed by atoms with Gasteiger partial charge in [0, 0.05) is 11.0 Å². The quantitative estimate of drug-likeness (QED) is 0.143. The van der Waals surface area contributed by atoms with Crippen LogP contribution in [0.1, 0.15) is 31.9 Å². The van der Waals surface area contributed by atoms with Crippen LogP contribution < -0.4 is 0 Å². The number of rotatable bonds is 2. The van der Waals surface area contributed by atoms with E-state index in [4.69, 9.17) is 0 Å². The van der Waals surface area contributed by atoms with E-state index in [0.717, 1.165) is 6.42 Å². The van der Waals surface area contributed by atoms with Crippen molar-refractivity contribution in [1.82, 2.24) is 0 Å². The minimum absolute atomic E-state index is 0. The molecule has 5 aromatic carbocycles. The van der Waals surface area contributed by atoms with Crippen LogP contribution in [-0.4, -0.2) is 11.0 Å². The van der Waals surface area contributed by atoms with Crippen molar-refractivity contribution in [3.8, 4) is 11.1 Å². The number of benzene rings is 3. The van der Waals surface area contributed by atoms with Gasteiger partial charge in [0.2, 0.25) is 0 Å². The Bertz CT molecular complexity index is 1140. The molecule has 0 saturated carbocycles. The average Bonchev–Trinajstić information content (AvgIpc) is 3.38. The summed E-state index contributed by atoms with van der Waals surface area (Å²) >= 11 is 0. The molecule has 5 rings (SSSR count). The third kappa shape index (κ3) is 9.31. The summed E-state index contributed by atoms with van der Waals surface area (Å²) < 4.78 is 0. The van der Waals surface area contributed by atoms with Gasteiger partial charge < -0.3 is 7.43 Å². The minimum atomic E-state index is 0. The van der Waals surface area contributed by atoms with Gasteiger partial charge in [-0.3, -0.25) is 0 Å². The number of hydrogen-bond donors (Lipinski definition) is 0. The Labute approximate surface area is 242 Å². The molecule has 0 unspecified atom stereocenters. The number of halogens is 2. The van der Waals surface area contributed by atoms with Crippen molar-refractivity contribution < 1.29 is 26.2 Å². The Morgan fingerprint density at radius 1 is 0.706 bits per heavy atom. The zero-order valence-corrected chi connectivity index (χ0v) is 25.9. The summed E-state index contributed by atoms with van der Waals surface area (Å²) in [5, 5.41) is 5.42. The van der Waals surface area contributed by atoms with E-state index in [-0.39, 0.29) is 69.4 Å². The molecule has 0 atom stereocenters. The van der Waals surface area contributed by atoms with Crippen LogP contribution in [0.4, 0.5) is 0 Å². The van der Waals surface area contributed by atoms with Gasteiger partial charge in [-0.1, -0.05) is 75.7 Å². The van der Waals surface area contributed by atoms with Gasteiger partial charge in [0.05, 0.1) is 0 Å². The summed E-state index contributed by atoms with van der Waals surface area (Å²) in [5.41, 5.74) is 5.38. The second kappa shape index (κ2) is 18.8. The SMILES string of the molecule is CC.CCc1cc2ccccc2[cH-]1.Cc1cc2c(-c3ccccc3)cccc2[cH-]1.Cl.Cl.[CH3-].[Si].[Zr+3]. The first-order valence-corrected chi connectivity index (χ1v) is 10.6. The summed E-state index contributed by atoms with van der Waals surface area (Å²) in [5.74, 6) is 0. The molecule has 5 radical (unpaired) electrons. The molecule has 0 nitrogen and oxygen atoms in total. The van der Waals surface area contributed by atoms with E-state index in [1.807, 2.05) is 13.8 Å². The average molecular weight is 586 g/mol.